The Labute approximate surface area is 200 Å². The van der Waals surface area contributed by atoms with Gasteiger partial charge >= 0.3 is 5.97 Å². The number of nitrogens with zero attached hydrogens (tertiary/aromatic N) is 3. The fourth-order valence-electron chi connectivity index (χ4n) is 3.15. The number of oxazole rings is 1. The number of hydrogen-bond donors (Lipinski definition) is 0. The van der Waals surface area contributed by atoms with Crippen molar-refractivity contribution in [2.45, 2.75) is 19.9 Å². The maximum atomic E-state index is 12.7. The van der Waals surface area contributed by atoms with Crippen molar-refractivity contribution in [3.63, 3.8) is 0 Å². The van der Waals surface area contributed by atoms with Gasteiger partial charge in [0.15, 0.2) is 0 Å². The molecule has 0 fully saturated rings. The Kier molecular flexibility index (Phi) is 8.80. The van der Waals surface area contributed by atoms with Crippen molar-refractivity contribution in [2.75, 3.05) is 33.9 Å². The highest BCUT2D eigenvalue weighted by Crippen LogP contribution is 2.20. The van der Waals surface area contributed by atoms with E-state index in [2.05, 4.69) is 4.98 Å². The molecule has 0 N–H and O–H groups in total. The summed E-state index contributed by atoms with van der Waals surface area (Å²) in [6.07, 6.45) is 2.16. The molecule has 9 nitrogen and oxygen atoms in total. The Balaban J connectivity index is 1.62. The first-order chi connectivity index (χ1) is 16.3. The van der Waals surface area contributed by atoms with Crippen LogP contribution < -0.4 is 4.74 Å². The van der Waals surface area contributed by atoms with Gasteiger partial charge in [-0.2, -0.15) is 17.0 Å². The molecule has 0 radical (unpaired) electrons. The smallest absolute Gasteiger partial charge is 0.321 e. The SMILES string of the molecule is CCOC(=O)CN(Cc1cccc(OCCc2coc(-c3ccccc3)n2)c1)S(=O)(=O)N(C)C. The number of aromatic nitrogens is 1. The van der Waals surface area contributed by atoms with Crippen LogP contribution in [0.25, 0.3) is 11.5 Å². The summed E-state index contributed by atoms with van der Waals surface area (Å²) in [5.41, 5.74) is 2.36. The Hall–Kier alpha value is -3.21. The predicted molar refractivity (Wildman–Crippen MR) is 127 cm³/mol. The van der Waals surface area contributed by atoms with Gasteiger partial charge in [0.2, 0.25) is 5.89 Å². The molecule has 1 heterocycles. The Morgan fingerprint density at radius 2 is 1.85 bits per heavy atom. The first-order valence-electron chi connectivity index (χ1n) is 10.8. The molecule has 2 aromatic carbocycles. The van der Waals surface area contributed by atoms with Crippen molar-refractivity contribution in [1.29, 1.82) is 0 Å². The molecule has 0 aliphatic rings. The second-order valence-electron chi connectivity index (χ2n) is 7.62. The fourth-order valence-corrected chi connectivity index (χ4v) is 4.19. The monoisotopic (exact) mass is 487 g/mol. The number of benzene rings is 2. The molecule has 34 heavy (non-hydrogen) atoms. The highest BCUT2D eigenvalue weighted by Gasteiger charge is 2.27. The first kappa shape index (κ1) is 25.4. The Morgan fingerprint density at radius 1 is 1.09 bits per heavy atom. The molecular formula is C24H29N3O6S. The number of carbonyl (C=O) groups excluding carboxylic acids is 1. The second kappa shape index (κ2) is 11.8. The van der Waals surface area contributed by atoms with Gasteiger partial charge in [-0.05, 0) is 36.8 Å². The lowest BCUT2D eigenvalue weighted by atomic mass is 10.2. The average Bonchev–Trinajstić information content (AvgIpc) is 3.28. The quantitative estimate of drug-likeness (QED) is 0.362. The Morgan fingerprint density at radius 3 is 2.56 bits per heavy atom. The van der Waals surface area contributed by atoms with E-state index in [1.54, 1.807) is 37.5 Å². The van der Waals surface area contributed by atoms with E-state index < -0.39 is 16.2 Å². The second-order valence-corrected chi connectivity index (χ2v) is 9.76. The summed E-state index contributed by atoms with van der Waals surface area (Å²) < 4.78 is 43.8. The van der Waals surface area contributed by atoms with Crippen LogP contribution in [0.1, 0.15) is 18.2 Å². The minimum Gasteiger partial charge on any atom is -0.493 e. The molecule has 0 bridgehead atoms. The predicted octanol–water partition coefficient (Wildman–Crippen LogP) is 3.13. The summed E-state index contributed by atoms with van der Waals surface area (Å²) in [5.74, 6) is 0.534. The van der Waals surface area contributed by atoms with Gasteiger partial charge in [-0.25, -0.2) is 4.98 Å². The molecule has 0 unspecified atom stereocenters. The molecule has 182 valence electrons. The minimum atomic E-state index is -3.83. The lowest BCUT2D eigenvalue weighted by Gasteiger charge is -2.24. The fraction of sp³-hybridized carbons (Fsp3) is 0.333. The third-order valence-electron chi connectivity index (χ3n) is 4.86. The van der Waals surface area contributed by atoms with Gasteiger partial charge in [0.05, 0.1) is 18.9 Å². The topological polar surface area (TPSA) is 102 Å². The van der Waals surface area contributed by atoms with Crippen LogP contribution in [-0.2, 0) is 32.7 Å². The molecule has 0 amide bonds. The molecule has 0 saturated carbocycles. The zero-order valence-corrected chi connectivity index (χ0v) is 20.3. The molecule has 0 atom stereocenters. The Bertz CT molecular complexity index is 1180. The zero-order valence-electron chi connectivity index (χ0n) is 19.5. The van der Waals surface area contributed by atoms with E-state index in [1.165, 1.54) is 14.1 Å². The molecule has 3 aromatic rings. The van der Waals surface area contributed by atoms with E-state index in [9.17, 15) is 13.2 Å². The van der Waals surface area contributed by atoms with E-state index in [0.717, 1.165) is 19.9 Å². The summed E-state index contributed by atoms with van der Waals surface area (Å²) in [6, 6.07) is 16.7. The third kappa shape index (κ3) is 6.89. The number of esters is 1. The summed E-state index contributed by atoms with van der Waals surface area (Å²) >= 11 is 0. The molecule has 0 spiro atoms. The van der Waals surface area contributed by atoms with Gasteiger partial charge in [-0.3, -0.25) is 4.79 Å². The van der Waals surface area contributed by atoms with Gasteiger partial charge in [-0.1, -0.05) is 30.3 Å². The number of hydrogen-bond acceptors (Lipinski definition) is 7. The van der Waals surface area contributed by atoms with E-state index in [0.29, 0.717) is 30.2 Å². The summed E-state index contributed by atoms with van der Waals surface area (Å²) in [7, 11) is -0.997. The molecule has 0 aliphatic heterocycles. The summed E-state index contributed by atoms with van der Waals surface area (Å²) in [6.45, 7) is 1.84. The van der Waals surface area contributed by atoms with Crippen molar-refractivity contribution >= 4 is 16.2 Å². The molecular weight excluding hydrogens is 458 g/mol. The van der Waals surface area contributed by atoms with Crippen molar-refractivity contribution in [3.05, 3.63) is 72.1 Å². The molecule has 0 saturated heterocycles. The molecule has 1 aromatic heterocycles. The van der Waals surface area contributed by atoms with Gasteiger partial charge in [0.1, 0.15) is 18.6 Å². The maximum absolute atomic E-state index is 12.7. The van der Waals surface area contributed by atoms with Crippen LogP contribution in [0.3, 0.4) is 0 Å². The van der Waals surface area contributed by atoms with Crippen molar-refractivity contribution < 1.29 is 27.1 Å². The van der Waals surface area contributed by atoms with Crippen LogP contribution in [0.15, 0.2) is 65.3 Å². The van der Waals surface area contributed by atoms with Gasteiger partial charge in [-0.15, -0.1) is 0 Å². The molecule has 10 heteroatoms. The zero-order chi connectivity index (χ0) is 24.6. The number of carbonyl (C=O) groups is 1. The minimum absolute atomic E-state index is 0.000247. The number of rotatable bonds is 12. The van der Waals surface area contributed by atoms with Crippen LogP contribution in [0.5, 0.6) is 5.75 Å². The van der Waals surface area contributed by atoms with Crippen molar-refractivity contribution in [2.24, 2.45) is 0 Å². The molecule has 0 aliphatic carbocycles. The van der Waals surface area contributed by atoms with Crippen LogP contribution in [-0.4, -0.2) is 61.8 Å². The van der Waals surface area contributed by atoms with Gasteiger partial charge < -0.3 is 13.9 Å². The molecule has 3 rings (SSSR count). The van der Waals surface area contributed by atoms with E-state index in [-0.39, 0.29) is 19.7 Å². The normalized spacial score (nSPS) is 11.7. The van der Waals surface area contributed by atoms with Crippen molar-refractivity contribution in [1.82, 2.24) is 13.6 Å². The van der Waals surface area contributed by atoms with Crippen molar-refractivity contribution in [3.8, 4) is 17.2 Å². The first-order valence-corrected chi connectivity index (χ1v) is 12.2. The van der Waals surface area contributed by atoms with Gasteiger partial charge in [0.25, 0.3) is 10.2 Å². The summed E-state index contributed by atoms with van der Waals surface area (Å²) in [5, 5.41) is 0. The highest BCUT2D eigenvalue weighted by atomic mass is 32.2. The van der Waals surface area contributed by atoms with E-state index >= 15 is 0 Å². The number of ether oxygens (including phenoxy) is 2. The lowest BCUT2D eigenvalue weighted by Crippen LogP contribution is -2.42. The van der Waals surface area contributed by atoms with E-state index in [1.807, 2.05) is 30.3 Å². The standard InChI is InChI=1S/C24H29N3O6S/c1-4-31-23(28)17-27(34(29,30)26(2)3)16-19-9-8-12-22(15-19)32-14-13-21-18-33-24(25-21)20-10-6-5-7-11-20/h5-12,15,18H,4,13-14,16-17H2,1-3H3. The van der Waals surface area contributed by atoms with Crippen LogP contribution in [0.4, 0.5) is 0 Å². The largest absolute Gasteiger partial charge is 0.493 e. The maximum Gasteiger partial charge on any atom is 0.321 e. The van der Waals surface area contributed by atoms with E-state index in [4.69, 9.17) is 13.9 Å². The summed E-state index contributed by atoms with van der Waals surface area (Å²) in [4.78, 5) is 16.4. The average molecular weight is 488 g/mol. The van der Waals surface area contributed by atoms with Crippen LogP contribution in [0.2, 0.25) is 0 Å². The van der Waals surface area contributed by atoms with Crippen LogP contribution in [0, 0.1) is 0 Å². The lowest BCUT2D eigenvalue weighted by molar-refractivity contribution is -0.143. The van der Waals surface area contributed by atoms with Gasteiger partial charge in [0, 0.05) is 32.6 Å². The highest BCUT2D eigenvalue weighted by molar-refractivity contribution is 7.86. The van der Waals surface area contributed by atoms with Crippen LogP contribution >= 0.6 is 0 Å². The third-order valence-corrected chi connectivity index (χ3v) is 6.69.